The highest BCUT2D eigenvalue weighted by Gasteiger charge is 2.20. The predicted molar refractivity (Wildman–Crippen MR) is 89.0 cm³/mol. The van der Waals surface area contributed by atoms with E-state index in [9.17, 15) is 4.79 Å². The van der Waals surface area contributed by atoms with Crippen LogP contribution in [0.3, 0.4) is 0 Å². The number of H-pyrrole nitrogens is 1. The van der Waals surface area contributed by atoms with Crippen molar-refractivity contribution in [1.82, 2.24) is 24.9 Å². The Balaban J connectivity index is 1.43. The molecule has 0 bridgehead atoms. The summed E-state index contributed by atoms with van der Waals surface area (Å²) in [4.78, 5) is 16.3. The van der Waals surface area contributed by atoms with E-state index in [1.807, 2.05) is 16.8 Å². The monoisotopic (exact) mass is 365 g/mol. The van der Waals surface area contributed by atoms with Crippen LogP contribution >= 0.6 is 23.1 Å². The SMILES string of the molecule is O=c1[nH]nc(SCc2noc(-c3ccsc3)n2)n1CC1CCCO1. The zero-order chi connectivity index (χ0) is 16.4. The van der Waals surface area contributed by atoms with Gasteiger partial charge < -0.3 is 9.26 Å². The van der Waals surface area contributed by atoms with Crippen LogP contribution in [0.1, 0.15) is 18.7 Å². The number of aromatic nitrogens is 5. The van der Waals surface area contributed by atoms with Crippen molar-refractivity contribution in [2.45, 2.75) is 36.4 Å². The first-order valence-electron chi connectivity index (χ1n) is 7.54. The topological polar surface area (TPSA) is 98.8 Å². The normalized spacial score (nSPS) is 17.6. The fraction of sp³-hybridized carbons (Fsp3) is 0.429. The molecule has 1 aliphatic rings. The van der Waals surface area contributed by atoms with Gasteiger partial charge in [-0.1, -0.05) is 16.9 Å². The maximum absolute atomic E-state index is 11.9. The summed E-state index contributed by atoms with van der Waals surface area (Å²) in [6.45, 7) is 1.28. The molecule has 0 radical (unpaired) electrons. The summed E-state index contributed by atoms with van der Waals surface area (Å²) in [5, 5.41) is 15.1. The fourth-order valence-corrected chi connectivity index (χ4v) is 3.94. The number of rotatable bonds is 6. The standard InChI is InChI=1S/C14H15N5O3S2/c20-13-16-17-14(19(13)6-10-2-1-4-21-10)24-8-11-15-12(22-18-11)9-3-5-23-7-9/h3,5,7,10H,1-2,4,6,8H2,(H,16,20). The van der Waals surface area contributed by atoms with Crippen molar-refractivity contribution in [2.75, 3.05) is 6.61 Å². The number of nitrogens with one attached hydrogen (secondary N) is 1. The summed E-state index contributed by atoms with van der Waals surface area (Å²) in [5.41, 5.74) is 0.693. The van der Waals surface area contributed by atoms with E-state index in [0.717, 1.165) is 25.0 Å². The van der Waals surface area contributed by atoms with Gasteiger partial charge in [0.2, 0.25) is 0 Å². The van der Waals surface area contributed by atoms with Gasteiger partial charge in [0.1, 0.15) is 0 Å². The lowest BCUT2D eigenvalue weighted by Gasteiger charge is -2.10. The highest BCUT2D eigenvalue weighted by molar-refractivity contribution is 7.98. The average Bonchev–Trinajstić information content (AvgIpc) is 3.36. The molecule has 3 aromatic heterocycles. The fourth-order valence-electron chi connectivity index (χ4n) is 2.51. The average molecular weight is 365 g/mol. The molecular weight excluding hydrogens is 350 g/mol. The first-order chi connectivity index (χ1) is 11.8. The van der Waals surface area contributed by atoms with E-state index in [4.69, 9.17) is 9.26 Å². The van der Waals surface area contributed by atoms with Crippen molar-refractivity contribution in [3.63, 3.8) is 0 Å². The largest absolute Gasteiger partial charge is 0.376 e. The minimum absolute atomic E-state index is 0.0787. The van der Waals surface area contributed by atoms with Gasteiger partial charge in [0.05, 0.1) is 24.0 Å². The summed E-state index contributed by atoms with van der Waals surface area (Å²) < 4.78 is 12.5. The van der Waals surface area contributed by atoms with Crippen LogP contribution in [-0.4, -0.2) is 37.6 Å². The lowest BCUT2D eigenvalue weighted by Crippen LogP contribution is -2.24. The minimum atomic E-state index is -0.222. The van der Waals surface area contributed by atoms with E-state index in [2.05, 4.69) is 20.3 Å². The van der Waals surface area contributed by atoms with Crippen LogP contribution < -0.4 is 5.69 Å². The molecule has 0 spiro atoms. The Labute approximate surface area is 145 Å². The summed E-state index contributed by atoms with van der Waals surface area (Å²) >= 11 is 2.97. The van der Waals surface area contributed by atoms with Crippen molar-refractivity contribution in [3.8, 4) is 11.5 Å². The van der Waals surface area contributed by atoms with Crippen LogP contribution in [0, 0.1) is 0 Å². The molecule has 1 unspecified atom stereocenters. The number of ether oxygens (including phenoxy) is 1. The van der Waals surface area contributed by atoms with Crippen LogP contribution in [0.4, 0.5) is 0 Å². The van der Waals surface area contributed by atoms with E-state index >= 15 is 0 Å². The molecule has 1 fully saturated rings. The maximum atomic E-state index is 11.9. The molecule has 24 heavy (non-hydrogen) atoms. The zero-order valence-electron chi connectivity index (χ0n) is 12.7. The second-order valence-corrected chi connectivity index (χ2v) is 7.10. The van der Waals surface area contributed by atoms with Gasteiger partial charge in [-0.25, -0.2) is 9.89 Å². The number of aromatic amines is 1. The van der Waals surface area contributed by atoms with Crippen molar-refractivity contribution >= 4 is 23.1 Å². The molecule has 4 heterocycles. The lowest BCUT2D eigenvalue weighted by molar-refractivity contribution is 0.0941. The van der Waals surface area contributed by atoms with Gasteiger partial charge in [0, 0.05) is 12.0 Å². The molecule has 0 aliphatic carbocycles. The summed E-state index contributed by atoms with van der Waals surface area (Å²) in [6, 6.07) is 1.93. The summed E-state index contributed by atoms with van der Waals surface area (Å²) in [7, 11) is 0. The molecule has 3 aromatic rings. The van der Waals surface area contributed by atoms with Crippen LogP contribution in [0.15, 0.2) is 31.3 Å². The Hall–Kier alpha value is -1.91. The van der Waals surface area contributed by atoms with Gasteiger partial charge in [-0.2, -0.15) is 16.3 Å². The van der Waals surface area contributed by atoms with Crippen LogP contribution in [0.2, 0.25) is 0 Å². The van der Waals surface area contributed by atoms with E-state index in [0.29, 0.717) is 29.2 Å². The number of hydrogen-bond donors (Lipinski definition) is 1. The third kappa shape index (κ3) is 3.30. The lowest BCUT2D eigenvalue weighted by atomic mass is 10.2. The Bertz CT molecular complexity index is 848. The Kier molecular flexibility index (Phi) is 4.50. The third-order valence-electron chi connectivity index (χ3n) is 3.70. The van der Waals surface area contributed by atoms with Gasteiger partial charge in [-0.15, -0.1) is 5.10 Å². The molecule has 1 aliphatic heterocycles. The second kappa shape index (κ2) is 6.91. The number of nitrogens with zero attached hydrogens (tertiary/aromatic N) is 4. The van der Waals surface area contributed by atoms with Gasteiger partial charge in [0.25, 0.3) is 5.89 Å². The molecule has 0 amide bonds. The zero-order valence-corrected chi connectivity index (χ0v) is 14.3. The van der Waals surface area contributed by atoms with Gasteiger partial charge in [-0.3, -0.25) is 4.57 Å². The maximum Gasteiger partial charge on any atom is 0.344 e. The first-order valence-corrected chi connectivity index (χ1v) is 9.47. The molecule has 10 heteroatoms. The highest BCUT2D eigenvalue weighted by Crippen LogP contribution is 2.23. The Morgan fingerprint density at radius 1 is 1.50 bits per heavy atom. The van der Waals surface area contributed by atoms with Crippen LogP contribution in [0.5, 0.6) is 0 Å². The summed E-state index contributed by atoms with van der Waals surface area (Å²) in [6.07, 6.45) is 2.08. The Morgan fingerprint density at radius 3 is 3.25 bits per heavy atom. The number of hydrogen-bond acceptors (Lipinski definition) is 8. The molecular formula is C14H15N5O3S2. The molecule has 0 aromatic carbocycles. The van der Waals surface area contributed by atoms with Crippen molar-refractivity contribution in [1.29, 1.82) is 0 Å². The van der Waals surface area contributed by atoms with Gasteiger partial charge in [-0.05, 0) is 24.3 Å². The molecule has 126 valence electrons. The molecule has 0 saturated carbocycles. The van der Waals surface area contributed by atoms with Gasteiger partial charge in [0.15, 0.2) is 11.0 Å². The number of thioether (sulfide) groups is 1. The van der Waals surface area contributed by atoms with Crippen molar-refractivity contribution in [2.24, 2.45) is 0 Å². The van der Waals surface area contributed by atoms with E-state index in [1.54, 1.807) is 15.9 Å². The second-order valence-electron chi connectivity index (χ2n) is 5.37. The summed E-state index contributed by atoms with van der Waals surface area (Å²) in [5.74, 6) is 1.55. The third-order valence-corrected chi connectivity index (χ3v) is 5.36. The molecule has 1 atom stereocenters. The molecule has 8 nitrogen and oxygen atoms in total. The number of thiophene rings is 1. The Morgan fingerprint density at radius 2 is 2.46 bits per heavy atom. The molecule has 1 saturated heterocycles. The molecule has 4 rings (SSSR count). The molecule has 1 N–H and O–H groups in total. The van der Waals surface area contributed by atoms with E-state index in [1.165, 1.54) is 11.8 Å². The van der Waals surface area contributed by atoms with Gasteiger partial charge >= 0.3 is 5.69 Å². The van der Waals surface area contributed by atoms with Crippen molar-refractivity contribution < 1.29 is 9.26 Å². The van der Waals surface area contributed by atoms with E-state index in [-0.39, 0.29) is 11.8 Å². The van der Waals surface area contributed by atoms with Crippen LogP contribution in [0.25, 0.3) is 11.5 Å². The van der Waals surface area contributed by atoms with Crippen LogP contribution in [-0.2, 0) is 17.0 Å². The smallest absolute Gasteiger partial charge is 0.344 e. The predicted octanol–water partition coefficient (Wildman–Crippen LogP) is 2.15. The van der Waals surface area contributed by atoms with Crippen molar-refractivity contribution in [3.05, 3.63) is 33.1 Å². The first kappa shape index (κ1) is 15.6. The quantitative estimate of drug-likeness (QED) is 0.668. The van der Waals surface area contributed by atoms with E-state index < -0.39 is 0 Å². The highest BCUT2D eigenvalue weighted by atomic mass is 32.2. The minimum Gasteiger partial charge on any atom is -0.376 e.